The Morgan fingerprint density at radius 2 is 1.96 bits per heavy atom. The van der Waals surface area contributed by atoms with Crippen LogP contribution in [-0.4, -0.2) is 23.6 Å². The average Bonchev–Trinajstić information content (AvgIpc) is 3.39. The number of nitrogens with one attached hydrogen (secondary N) is 1. The van der Waals surface area contributed by atoms with Gasteiger partial charge < -0.3 is 14.6 Å². The normalized spacial score (nSPS) is 14.6. The van der Waals surface area contributed by atoms with Crippen molar-refractivity contribution < 1.29 is 14.3 Å². The first-order valence-electron chi connectivity index (χ1n) is 9.17. The monoisotopic (exact) mass is 382 g/mol. The second-order valence-electron chi connectivity index (χ2n) is 6.98. The van der Waals surface area contributed by atoms with Crippen LogP contribution in [0, 0.1) is 6.92 Å². The van der Waals surface area contributed by atoms with E-state index >= 15 is 0 Å². The number of amides is 1. The molecule has 1 aromatic carbocycles. The highest BCUT2D eigenvalue weighted by Gasteiger charge is 2.25. The number of carbonyl (C=O) groups excluding carboxylic acids is 2. The van der Waals surface area contributed by atoms with Crippen molar-refractivity contribution in [3.8, 4) is 0 Å². The Balaban J connectivity index is 1.67. The molecule has 1 saturated carbocycles. The van der Waals surface area contributed by atoms with Crippen molar-refractivity contribution in [2.45, 2.75) is 38.6 Å². The first-order valence-corrected chi connectivity index (χ1v) is 10.0. The lowest BCUT2D eigenvalue weighted by atomic mass is 10.1. The molecule has 140 valence electrons. The first-order chi connectivity index (χ1) is 13.1. The number of nitrogens with zero attached hydrogens (tertiary/aromatic N) is 1. The number of esters is 1. The van der Waals surface area contributed by atoms with Crippen LogP contribution >= 0.6 is 11.3 Å². The number of methoxy groups -OCH3 is 1. The Bertz CT molecular complexity index is 1010. The lowest BCUT2D eigenvalue weighted by molar-refractivity contribution is 0.0599. The molecule has 2 aromatic heterocycles. The van der Waals surface area contributed by atoms with Gasteiger partial charge in [0.05, 0.1) is 22.9 Å². The molecule has 0 aliphatic heterocycles. The fraction of sp³-hybridized carbons (Fsp3) is 0.333. The minimum atomic E-state index is -0.404. The molecule has 1 fully saturated rings. The van der Waals surface area contributed by atoms with Crippen molar-refractivity contribution in [1.29, 1.82) is 0 Å². The van der Waals surface area contributed by atoms with Crippen LogP contribution in [0.5, 0.6) is 0 Å². The third-order valence-corrected chi connectivity index (χ3v) is 6.14. The molecule has 1 aliphatic rings. The zero-order valence-electron chi connectivity index (χ0n) is 15.5. The molecule has 0 atom stereocenters. The summed E-state index contributed by atoms with van der Waals surface area (Å²) in [6.45, 7) is 1.84. The molecule has 6 heteroatoms. The quantitative estimate of drug-likeness (QED) is 0.634. The summed E-state index contributed by atoms with van der Waals surface area (Å²) in [6, 6.07) is 9.74. The van der Waals surface area contributed by atoms with Crippen LogP contribution in [0.1, 0.15) is 58.1 Å². The maximum atomic E-state index is 13.1. The summed E-state index contributed by atoms with van der Waals surface area (Å²) in [7, 11) is 1.36. The Hall–Kier alpha value is -2.60. The summed E-state index contributed by atoms with van der Waals surface area (Å²) >= 11 is 1.65. The van der Waals surface area contributed by atoms with Crippen LogP contribution in [0.2, 0.25) is 0 Å². The number of hydrogen-bond acceptors (Lipinski definition) is 4. The number of thiophene rings is 1. The van der Waals surface area contributed by atoms with Crippen LogP contribution in [0.15, 0.2) is 35.7 Å². The smallest absolute Gasteiger partial charge is 0.338 e. The zero-order valence-corrected chi connectivity index (χ0v) is 16.3. The molecule has 0 bridgehead atoms. The van der Waals surface area contributed by atoms with E-state index in [1.165, 1.54) is 20.0 Å². The van der Waals surface area contributed by atoms with Gasteiger partial charge >= 0.3 is 5.97 Å². The number of ether oxygens (including phenoxy) is 1. The molecule has 0 unspecified atom stereocenters. The van der Waals surface area contributed by atoms with Crippen LogP contribution in [0.25, 0.3) is 10.2 Å². The molecule has 3 aromatic rings. The molecule has 1 N–H and O–H groups in total. The van der Waals surface area contributed by atoms with E-state index in [2.05, 4.69) is 21.3 Å². The Morgan fingerprint density at radius 1 is 1.19 bits per heavy atom. The Kier molecular flexibility index (Phi) is 4.74. The maximum absolute atomic E-state index is 13.1. The number of hydrogen-bond donors (Lipinski definition) is 1. The number of rotatable bonds is 4. The lowest BCUT2D eigenvalue weighted by Crippen LogP contribution is -2.19. The van der Waals surface area contributed by atoms with Gasteiger partial charge in [-0.15, -0.1) is 11.3 Å². The predicted molar refractivity (Wildman–Crippen MR) is 108 cm³/mol. The van der Waals surface area contributed by atoms with Gasteiger partial charge in [-0.05, 0) is 55.0 Å². The standard InChI is InChI=1S/C21H22N2O3S/c1-13-7-8-14(11-16(13)21(25)26-2)22-20(24)18-12-19-17(9-10-27-19)23(18)15-5-3-4-6-15/h7-12,15H,3-6H2,1-2H3,(H,22,24). The van der Waals surface area contributed by atoms with Crippen LogP contribution < -0.4 is 5.32 Å². The van der Waals surface area contributed by atoms with Crippen molar-refractivity contribution in [1.82, 2.24) is 4.57 Å². The molecule has 2 heterocycles. The van der Waals surface area contributed by atoms with Crippen LogP contribution in [-0.2, 0) is 4.74 Å². The van der Waals surface area contributed by atoms with E-state index < -0.39 is 5.97 Å². The highest BCUT2D eigenvalue weighted by Crippen LogP contribution is 2.36. The van der Waals surface area contributed by atoms with Gasteiger partial charge in [-0.25, -0.2) is 4.79 Å². The molecular formula is C21H22N2O3S. The van der Waals surface area contributed by atoms with Crippen molar-refractivity contribution in [3.63, 3.8) is 0 Å². The predicted octanol–water partition coefficient (Wildman–Crippen LogP) is 5.17. The van der Waals surface area contributed by atoms with E-state index in [1.54, 1.807) is 17.4 Å². The summed E-state index contributed by atoms with van der Waals surface area (Å²) in [5.41, 5.74) is 3.69. The molecule has 1 amide bonds. The van der Waals surface area contributed by atoms with E-state index in [0.29, 0.717) is 23.0 Å². The van der Waals surface area contributed by atoms with Crippen molar-refractivity contribution >= 4 is 39.1 Å². The Labute approximate surface area is 161 Å². The van der Waals surface area contributed by atoms with E-state index in [0.717, 1.165) is 28.6 Å². The topological polar surface area (TPSA) is 60.3 Å². The highest BCUT2D eigenvalue weighted by molar-refractivity contribution is 7.17. The van der Waals surface area contributed by atoms with E-state index in [9.17, 15) is 9.59 Å². The van der Waals surface area contributed by atoms with E-state index in [1.807, 2.05) is 25.1 Å². The molecular weight excluding hydrogens is 360 g/mol. The third kappa shape index (κ3) is 3.25. The summed E-state index contributed by atoms with van der Waals surface area (Å²) in [5.74, 6) is -0.552. The minimum Gasteiger partial charge on any atom is -0.465 e. The van der Waals surface area contributed by atoms with Gasteiger partial charge in [0, 0.05) is 11.7 Å². The average molecular weight is 382 g/mol. The maximum Gasteiger partial charge on any atom is 0.338 e. The van der Waals surface area contributed by atoms with Crippen molar-refractivity contribution in [2.75, 3.05) is 12.4 Å². The van der Waals surface area contributed by atoms with Gasteiger partial charge in [-0.2, -0.15) is 0 Å². The molecule has 0 radical (unpaired) electrons. The van der Waals surface area contributed by atoms with Gasteiger partial charge in [-0.3, -0.25) is 4.79 Å². The third-order valence-electron chi connectivity index (χ3n) is 5.28. The van der Waals surface area contributed by atoms with E-state index in [-0.39, 0.29) is 5.91 Å². The largest absolute Gasteiger partial charge is 0.465 e. The van der Waals surface area contributed by atoms with Crippen LogP contribution in [0.4, 0.5) is 5.69 Å². The summed E-state index contributed by atoms with van der Waals surface area (Å²) in [5, 5.41) is 5.03. The molecule has 5 nitrogen and oxygen atoms in total. The van der Waals surface area contributed by atoms with Gasteiger partial charge in [0.1, 0.15) is 5.69 Å². The SMILES string of the molecule is COC(=O)c1cc(NC(=O)c2cc3sccc3n2C2CCCC2)ccc1C. The summed E-state index contributed by atoms with van der Waals surface area (Å²) in [6.07, 6.45) is 4.62. The number of aromatic nitrogens is 1. The zero-order chi connectivity index (χ0) is 19.0. The summed E-state index contributed by atoms with van der Waals surface area (Å²) < 4.78 is 8.15. The molecule has 4 rings (SSSR count). The van der Waals surface area contributed by atoms with Gasteiger partial charge in [-0.1, -0.05) is 18.9 Å². The lowest BCUT2D eigenvalue weighted by Gasteiger charge is -2.17. The van der Waals surface area contributed by atoms with Crippen LogP contribution in [0.3, 0.4) is 0 Å². The summed E-state index contributed by atoms with van der Waals surface area (Å²) in [4.78, 5) is 25.0. The number of benzene rings is 1. The highest BCUT2D eigenvalue weighted by atomic mass is 32.1. The Morgan fingerprint density at radius 3 is 2.70 bits per heavy atom. The molecule has 27 heavy (non-hydrogen) atoms. The molecule has 0 saturated heterocycles. The van der Waals surface area contributed by atoms with Gasteiger partial charge in [0.15, 0.2) is 0 Å². The number of carbonyl (C=O) groups is 2. The second-order valence-corrected chi connectivity index (χ2v) is 7.93. The van der Waals surface area contributed by atoms with Crippen molar-refractivity contribution in [3.05, 3.63) is 52.5 Å². The second kappa shape index (κ2) is 7.19. The fourth-order valence-corrected chi connectivity index (χ4v) is 4.71. The van der Waals surface area contributed by atoms with Crippen molar-refractivity contribution in [2.24, 2.45) is 0 Å². The molecule has 0 spiro atoms. The van der Waals surface area contributed by atoms with E-state index in [4.69, 9.17) is 4.74 Å². The van der Waals surface area contributed by atoms with Gasteiger partial charge in [0.2, 0.25) is 0 Å². The number of aryl methyl sites for hydroxylation is 1. The first kappa shape index (κ1) is 17.8. The minimum absolute atomic E-state index is 0.148. The molecule has 1 aliphatic carbocycles. The van der Waals surface area contributed by atoms with Gasteiger partial charge in [0.25, 0.3) is 5.91 Å². The number of anilines is 1. The number of fused-ring (bicyclic) bond motifs is 1. The fourth-order valence-electron chi connectivity index (χ4n) is 3.90.